The molecule has 0 unspecified atom stereocenters. The summed E-state index contributed by atoms with van der Waals surface area (Å²) in [6.45, 7) is 4.37. The van der Waals surface area contributed by atoms with Gasteiger partial charge >= 0.3 is 0 Å². The number of hydrogen-bond donors (Lipinski definition) is 1. The van der Waals surface area contributed by atoms with E-state index in [0.29, 0.717) is 24.5 Å². The van der Waals surface area contributed by atoms with Crippen molar-refractivity contribution in [3.05, 3.63) is 57.5 Å². The maximum atomic E-state index is 12.2. The van der Waals surface area contributed by atoms with Crippen LogP contribution in [0.3, 0.4) is 0 Å². The number of nitrogens with one attached hydrogen (secondary N) is 1. The molecule has 2 rings (SSSR count). The molecule has 0 spiro atoms. The highest BCUT2D eigenvalue weighted by molar-refractivity contribution is 5.75. The molecule has 6 nitrogen and oxygen atoms in total. The molecular weight excluding hydrogens is 320 g/mol. The number of aromatic nitrogens is 1. The Balaban J connectivity index is 1.92. The van der Waals surface area contributed by atoms with Crippen LogP contribution in [0.2, 0.25) is 0 Å². The molecule has 6 heteroatoms. The molecule has 0 saturated carbocycles. The monoisotopic (exact) mass is 344 g/mol. The third kappa shape index (κ3) is 4.86. The van der Waals surface area contributed by atoms with Gasteiger partial charge in [0.05, 0.1) is 14.2 Å². The van der Waals surface area contributed by atoms with Crippen LogP contribution in [-0.4, -0.2) is 31.2 Å². The Morgan fingerprint density at radius 3 is 2.28 bits per heavy atom. The Kier molecular flexibility index (Phi) is 6.22. The number of nitrogens with zero attached hydrogens (tertiary/aromatic N) is 1. The standard InChI is InChI=1S/C19H24N2O4/c1-13-9-16(22)10-14(2)21(13)12-19(23)20-8-7-15-5-6-17(24-3)18(11-15)25-4/h5-6,9-11H,7-8,12H2,1-4H3,(H,20,23). The van der Waals surface area contributed by atoms with Gasteiger partial charge in [-0.1, -0.05) is 6.07 Å². The second-order valence-corrected chi connectivity index (χ2v) is 5.85. The van der Waals surface area contributed by atoms with Crippen molar-refractivity contribution >= 4 is 5.91 Å². The fraction of sp³-hybridized carbons (Fsp3) is 0.368. The maximum Gasteiger partial charge on any atom is 0.239 e. The summed E-state index contributed by atoms with van der Waals surface area (Å²) < 4.78 is 12.3. The average Bonchev–Trinajstić information content (AvgIpc) is 2.58. The van der Waals surface area contributed by atoms with Gasteiger partial charge in [-0.25, -0.2) is 0 Å². The van der Waals surface area contributed by atoms with Crippen molar-refractivity contribution in [3.8, 4) is 11.5 Å². The van der Waals surface area contributed by atoms with E-state index in [-0.39, 0.29) is 17.9 Å². The highest BCUT2D eigenvalue weighted by Gasteiger charge is 2.08. The van der Waals surface area contributed by atoms with Gasteiger partial charge in [0.1, 0.15) is 6.54 Å². The van der Waals surface area contributed by atoms with E-state index in [1.807, 2.05) is 36.6 Å². The lowest BCUT2D eigenvalue weighted by molar-refractivity contribution is -0.121. The molecule has 0 bridgehead atoms. The van der Waals surface area contributed by atoms with Gasteiger partial charge in [-0.3, -0.25) is 9.59 Å². The van der Waals surface area contributed by atoms with Gasteiger partial charge in [-0.15, -0.1) is 0 Å². The zero-order chi connectivity index (χ0) is 18.4. The SMILES string of the molecule is COc1ccc(CCNC(=O)Cn2c(C)cc(=O)cc2C)cc1OC. The zero-order valence-electron chi connectivity index (χ0n) is 15.1. The number of carbonyl (C=O) groups is 1. The van der Waals surface area contributed by atoms with Gasteiger partial charge in [0.25, 0.3) is 0 Å². The van der Waals surface area contributed by atoms with Gasteiger partial charge < -0.3 is 19.4 Å². The summed E-state index contributed by atoms with van der Waals surface area (Å²) in [4.78, 5) is 23.6. The van der Waals surface area contributed by atoms with Gasteiger partial charge in [-0.05, 0) is 38.0 Å². The van der Waals surface area contributed by atoms with E-state index < -0.39 is 0 Å². The van der Waals surface area contributed by atoms with E-state index in [9.17, 15) is 9.59 Å². The van der Waals surface area contributed by atoms with Crippen LogP contribution in [0.25, 0.3) is 0 Å². The number of pyridine rings is 1. The molecule has 2 aromatic rings. The van der Waals surface area contributed by atoms with Crippen LogP contribution in [0, 0.1) is 13.8 Å². The molecule has 25 heavy (non-hydrogen) atoms. The Bertz CT molecular complexity index is 785. The van der Waals surface area contributed by atoms with E-state index in [1.165, 1.54) is 12.1 Å². The minimum absolute atomic E-state index is 0.0416. The Morgan fingerprint density at radius 2 is 1.68 bits per heavy atom. The summed E-state index contributed by atoms with van der Waals surface area (Å²) in [5.41, 5.74) is 2.56. The minimum atomic E-state index is -0.0877. The van der Waals surface area contributed by atoms with Gasteiger partial charge in [0, 0.05) is 30.1 Å². The number of aryl methyl sites for hydroxylation is 2. The summed E-state index contributed by atoms with van der Waals surface area (Å²) in [6, 6.07) is 8.77. The molecule has 0 aliphatic rings. The fourth-order valence-corrected chi connectivity index (χ4v) is 2.72. The molecule has 1 aromatic carbocycles. The van der Waals surface area contributed by atoms with Crippen molar-refractivity contribution in [2.75, 3.05) is 20.8 Å². The molecule has 0 saturated heterocycles. The lowest BCUT2D eigenvalue weighted by Crippen LogP contribution is -2.31. The lowest BCUT2D eigenvalue weighted by atomic mass is 10.1. The largest absolute Gasteiger partial charge is 0.493 e. The fourth-order valence-electron chi connectivity index (χ4n) is 2.72. The number of ether oxygens (including phenoxy) is 2. The first-order valence-corrected chi connectivity index (χ1v) is 8.10. The molecule has 0 radical (unpaired) electrons. The van der Waals surface area contributed by atoms with Gasteiger partial charge in [0.15, 0.2) is 16.9 Å². The Hall–Kier alpha value is -2.76. The maximum absolute atomic E-state index is 12.2. The number of hydrogen-bond acceptors (Lipinski definition) is 4. The predicted molar refractivity (Wildman–Crippen MR) is 96.4 cm³/mol. The van der Waals surface area contributed by atoms with Crippen LogP contribution in [0.4, 0.5) is 0 Å². The van der Waals surface area contributed by atoms with Gasteiger partial charge in [0.2, 0.25) is 5.91 Å². The van der Waals surface area contributed by atoms with E-state index in [1.54, 1.807) is 14.2 Å². The molecule has 1 heterocycles. The topological polar surface area (TPSA) is 69.6 Å². The summed E-state index contributed by atoms with van der Waals surface area (Å²) in [7, 11) is 3.19. The minimum Gasteiger partial charge on any atom is -0.493 e. The quantitative estimate of drug-likeness (QED) is 0.832. The molecule has 1 aromatic heterocycles. The molecule has 0 atom stereocenters. The predicted octanol–water partition coefficient (Wildman–Crippen LogP) is 1.84. The second-order valence-electron chi connectivity index (χ2n) is 5.85. The van der Waals surface area contributed by atoms with Crippen LogP contribution >= 0.6 is 0 Å². The number of rotatable bonds is 7. The molecule has 1 amide bonds. The van der Waals surface area contributed by atoms with Crippen molar-refractivity contribution in [3.63, 3.8) is 0 Å². The van der Waals surface area contributed by atoms with E-state index in [2.05, 4.69) is 5.32 Å². The van der Waals surface area contributed by atoms with Gasteiger partial charge in [-0.2, -0.15) is 0 Å². The van der Waals surface area contributed by atoms with Crippen LogP contribution in [0.5, 0.6) is 11.5 Å². The molecule has 0 fully saturated rings. The van der Waals surface area contributed by atoms with Crippen LogP contribution in [0.15, 0.2) is 35.1 Å². The first-order chi connectivity index (χ1) is 11.9. The third-order valence-electron chi connectivity index (χ3n) is 4.04. The highest BCUT2D eigenvalue weighted by atomic mass is 16.5. The summed E-state index contributed by atoms with van der Waals surface area (Å²) in [5.74, 6) is 1.26. The number of amides is 1. The van der Waals surface area contributed by atoms with E-state index in [4.69, 9.17) is 9.47 Å². The first kappa shape index (κ1) is 18.6. The van der Waals surface area contributed by atoms with E-state index in [0.717, 1.165) is 17.0 Å². The Morgan fingerprint density at radius 1 is 1.04 bits per heavy atom. The van der Waals surface area contributed by atoms with Crippen LogP contribution < -0.4 is 20.2 Å². The van der Waals surface area contributed by atoms with Crippen LogP contribution in [0.1, 0.15) is 17.0 Å². The highest BCUT2D eigenvalue weighted by Crippen LogP contribution is 2.27. The molecular formula is C19H24N2O4. The number of carbonyl (C=O) groups excluding carboxylic acids is 1. The number of methoxy groups -OCH3 is 2. The first-order valence-electron chi connectivity index (χ1n) is 8.10. The average molecular weight is 344 g/mol. The molecule has 134 valence electrons. The van der Waals surface area contributed by atoms with Crippen molar-refractivity contribution in [1.29, 1.82) is 0 Å². The van der Waals surface area contributed by atoms with Crippen LogP contribution in [-0.2, 0) is 17.8 Å². The van der Waals surface area contributed by atoms with Crippen molar-refractivity contribution in [2.45, 2.75) is 26.8 Å². The van der Waals surface area contributed by atoms with E-state index >= 15 is 0 Å². The zero-order valence-corrected chi connectivity index (χ0v) is 15.1. The number of benzene rings is 1. The Labute approximate surface area is 147 Å². The van der Waals surface area contributed by atoms with Crippen molar-refractivity contribution in [1.82, 2.24) is 9.88 Å². The summed E-state index contributed by atoms with van der Waals surface area (Å²) >= 11 is 0. The van der Waals surface area contributed by atoms with Crippen molar-refractivity contribution < 1.29 is 14.3 Å². The summed E-state index contributed by atoms with van der Waals surface area (Å²) in [6.07, 6.45) is 0.689. The lowest BCUT2D eigenvalue weighted by Gasteiger charge is -2.14. The third-order valence-corrected chi connectivity index (χ3v) is 4.04. The van der Waals surface area contributed by atoms with Crippen molar-refractivity contribution in [2.24, 2.45) is 0 Å². The molecule has 0 aliphatic heterocycles. The normalized spacial score (nSPS) is 10.4. The molecule has 1 N–H and O–H groups in total. The smallest absolute Gasteiger partial charge is 0.239 e. The molecule has 0 aliphatic carbocycles. The summed E-state index contributed by atoms with van der Waals surface area (Å²) in [5, 5.41) is 2.90. The second kappa shape index (κ2) is 8.37.